The van der Waals surface area contributed by atoms with Crippen LogP contribution in [0, 0.1) is 29.1 Å². The molecule has 2 saturated carbocycles. The Morgan fingerprint density at radius 1 is 1.46 bits per heavy atom. The number of carbonyl (C=O) groups excluding carboxylic acids is 1. The second-order valence-corrected chi connectivity index (χ2v) is 8.25. The highest BCUT2D eigenvalue weighted by Crippen LogP contribution is 2.56. The number of esters is 1. The topological polar surface area (TPSA) is 66.8 Å². The lowest BCUT2D eigenvalue weighted by atomic mass is 9.50. The van der Waals surface area contributed by atoms with Crippen molar-refractivity contribution in [1.29, 1.82) is 0 Å². The zero-order valence-electron chi connectivity index (χ0n) is 14.8. The molecule has 0 aromatic carbocycles. The predicted molar refractivity (Wildman–Crippen MR) is 92.1 cm³/mol. The monoisotopic (exact) mass is 334 g/mol. The van der Waals surface area contributed by atoms with Crippen molar-refractivity contribution in [3.63, 3.8) is 0 Å². The molecule has 2 aliphatic carbocycles. The van der Waals surface area contributed by atoms with Crippen molar-refractivity contribution in [3.05, 3.63) is 23.8 Å². The molecule has 24 heavy (non-hydrogen) atoms. The molecule has 0 saturated heterocycles. The maximum absolute atomic E-state index is 11.7. The van der Waals surface area contributed by atoms with E-state index >= 15 is 0 Å². The van der Waals surface area contributed by atoms with Crippen LogP contribution >= 0.6 is 0 Å². The van der Waals surface area contributed by atoms with E-state index in [9.17, 15) is 15.0 Å². The SMILES string of the molecule is C=C1CCC2C([C@@H](C)CC(O)C2(C)CO)[C@H]1CCC1=CCOC1=O. The highest BCUT2D eigenvalue weighted by molar-refractivity contribution is 5.90. The van der Waals surface area contributed by atoms with Gasteiger partial charge in [-0.25, -0.2) is 4.79 Å². The van der Waals surface area contributed by atoms with Gasteiger partial charge in [0.05, 0.1) is 12.7 Å². The predicted octanol–water partition coefficient (Wildman–Crippen LogP) is 2.85. The Morgan fingerprint density at radius 2 is 2.21 bits per heavy atom. The van der Waals surface area contributed by atoms with Gasteiger partial charge in [0.25, 0.3) is 0 Å². The van der Waals surface area contributed by atoms with E-state index in [1.165, 1.54) is 5.57 Å². The van der Waals surface area contributed by atoms with Crippen molar-refractivity contribution < 1.29 is 19.7 Å². The fourth-order valence-corrected chi connectivity index (χ4v) is 5.39. The van der Waals surface area contributed by atoms with E-state index in [-0.39, 0.29) is 12.6 Å². The number of cyclic esters (lactones) is 1. The Labute approximate surface area is 144 Å². The average Bonchev–Trinajstić information content (AvgIpc) is 2.96. The molecule has 4 unspecified atom stereocenters. The van der Waals surface area contributed by atoms with Crippen LogP contribution in [-0.2, 0) is 9.53 Å². The summed E-state index contributed by atoms with van der Waals surface area (Å²) in [5, 5.41) is 20.6. The van der Waals surface area contributed by atoms with Gasteiger partial charge in [-0.15, -0.1) is 0 Å². The Morgan fingerprint density at radius 3 is 2.83 bits per heavy atom. The minimum atomic E-state index is -0.446. The van der Waals surface area contributed by atoms with Crippen molar-refractivity contribution in [3.8, 4) is 0 Å². The first-order chi connectivity index (χ1) is 11.4. The summed E-state index contributed by atoms with van der Waals surface area (Å²) in [6.07, 6.45) is 5.75. The van der Waals surface area contributed by atoms with Gasteiger partial charge in [0, 0.05) is 11.0 Å². The lowest BCUT2D eigenvalue weighted by molar-refractivity contribution is -0.136. The number of fused-ring (bicyclic) bond motifs is 1. The Hall–Kier alpha value is -1.13. The van der Waals surface area contributed by atoms with Gasteiger partial charge in [0.15, 0.2) is 0 Å². The maximum atomic E-state index is 11.7. The van der Waals surface area contributed by atoms with Gasteiger partial charge < -0.3 is 14.9 Å². The summed E-state index contributed by atoms with van der Waals surface area (Å²) in [6, 6.07) is 0. The van der Waals surface area contributed by atoms with Gasteiger partial charge in [-0.2, -0.15) is 0 Å². The van der Waals surface area contributed by atoms with E-state index in [0.29, 0.717) is 30.3 Å². The first-order valence-electron chi connectivity index (χ1n) is 9.21. The third kappa shape index (κ3) is 2.84. The van der Waals surface area contributed by atoms with Crippen LogP contribution < -0.4 is 0 Å². The summed E-state index contributed by atoms with van der Waals surface area (Å²) in [5.74, 6) is 1.30. The molecule has 4 heteroatoms. The van der Waals surface area contributed by atoms with Gasteiger partial charge >= 0.3 is 5.97 Å². The van der Waals surface area contributed by atoms with Crippen molar-refractivity contribution in [2.45, 2.75) is 52.1 Å². The molecule has 0 aromatic heterocycles. The molecule has 134 valence electrons. The molecule has 2 N–H and O–H groups in total. The fourth-order valence-electron chi connectivity index (χ4n) is 5.39. The second kappa shape index (κ2) is 6.64. The first kappa shape index (κ1) is 17.7. The molecular formula is C20H30O4. The summed E-state index contributed by atoms with van der Waals surface area (Å²) in [6.45, 7) is 8.99. The second-order valence-electron chi connectivity index (χ2n) is 8.25. The van der Waals surface area contributed by atoms with E-state index in [4.69, 9.17) is 4.74 Å². The summed E-state index contributed by atoms with van der Waals surface area (Å²) < 4.78 is 5.00. The highest BCUT2D eigenvalue weighted by atomic mass is 16.5. The quantitative estimate of drug-likeness (QED) is 0.613. The third-order valence-corrected chi connectivity index (χ3v) is 6.96. The summed E-state index contributed by atoms with van der Waals surface area (Å²) in [7, 11) is 0. The van der Waals surface area contributed by atoms with Crippen molar-refractivity contribution in [1.82, 2.24) is 0 Å². The minimum absolute atomic E-state index is 0.0265. The minimum Gasteiger partial charge on any atom is -0.458 e. The number of aliphatic hydroxyl groups excluding tert-OH is 2. The standard InChI is InChI=1S/C20H30O4/c1-12-4-7-16-18(13(2)10-17(22)20(16,3)11-21)15(12)6-5-14-8-9-24-19(14)23/h8,13,15-18,21-22H,1,4-7,9-11H2,2-3H3/t13-,15-,16?,17?,18?,20?/m0/s1. The largest absolute Gasteiger partial charge is 0.458 e. The van der Waals surface area contributed by atoms with Crippen LogP contribution in [0.15, 0.2) is 23.8 Å². The summed E-state index contributed by atoms with van der Waals surface area (Å²) in [4.78, 5) is 11.7. The van der Waals surface area contributed by atoms with E-state index in [1.54, 1.807) is 0 Å². The Bertz CT molecular complexity index is 552. The highest BCUT2D eigenvalue weighted by Gasteiger charge is 2.53. The fraction of sp³-hybridized carbons (Fsp3) is 0.750. The molecule has 0 bridgehead atoms. The van der Waals surface area contributed by atoms with E-state index in [0.717, 1.165) is 37.7 Å². The number of aliphatic hydroxyl groups is 2. The molecule has 1 heterocycles. The van der Waals surface area contributed by atoms with Crippen LogP contribution in [0.1, 0.15) is 46.0 Å². The average molecular weight is 334 g/mol. The van der Waals surface area contributed by atoms with Crippen LogP contribution in [0.3, 0.4) is 0 Å². The molecular weight excluding hydrogens is 304 g/mol. The van der Waals surface area contributed by atoms with Gasteiger partial charge in [0.1, 0.15) is 6.61 Å². The van der Waals surface area contributed by atoms with Crippen molar-refractivity contribution in [2.24, 2.45) is 29.1 Å². The van der Waals surface area contributed by atoms with Gasteiger partial charge in [-0.1, -0.05) is 26.0 Å². The van der Waals surface area contributed by atoms with Crippen molar-refractivity contribution >= 4 is 5.97 Å². The van der Waals surface area contributed by atoms with Crippen LogP contribution in [0.25, 0.3) is 0 Å². The molecule has 0 spiro atoms. The smallest absolute Gasteiger partial charge is 0.334 e. The summed E-state index contributed by atoms with van der Waals surface area (Å²) >= 11 is 0. The first-order valence-corrected chi connectivity index (χ1v) is 9.21. The van der Waals surface area contributed by atoms with Gasteiger partial charge in [-0.05, 0) is 61.9 Å². The molecule has 4 nitrogen and oxygen atoms in total. The van der Waals surface area contributed by atoms with Crippen molar-refractivity contribution in [2.75, 3.05) is 13.2 Å². The van der Waals surface area contributed by atoms with Crippen LogP contribution in [0.4, 0.5) is 0 Å². The number of rotatable bonds is 4. The lowest BCUT2D eigenvalue weighted by Gasteiger charge is -2.56. The molecule has 3 aliphatic rings. The normalized spacial score (nSPS) is 42.5. The molecule has 6 atom stereocenters. The van der Waals surface area contributed by atoms with E-state index < -0.39 is 11.5 Å². The maximum Gasteiger partial charge on any atom is 0.334 e. The molecule has 2 fully saturated rings. The zero-order chi connectivity index (χ0) is 17.5. The third-order valence-electron chi connectivity index (χ3n) is 6.96. The van der Waals surface area contributed by atoms with E-state index in [2.05, 4.69) is 13.5 Å². The lowest BCUT2D eigenvalue weighted by Crippen LogP contribution is -2.55. The van der Waals surface area contributed by atoms with Crippen LogP contribution in [0.5, 0.6) is 0 Å². The summed E-state index contributed by atoms with van der Waals surface area (Å²) in [5.41, 5.74) is 1.63. The van der Waals surface area contributed by atoms with Crippen LogP contribution in [0.2, 0.25) is 0 Å². The molecule has 0 amide bonds. The van der Waals surface area contributed by atoms with Crippen LogP contribution in [-0.4, -0.2) is 35.5 Å². The number of hydrogen-bond donors (Lipinski definition) is 2. The number of ether oxygens (including phenoxy) is 1. The number of carbonyl (C=O) groups is 1. The molecule has 1 aliphatic heterocycles. The van der Waals surface area contributed by atoms with Gasteiger partial charge in [0.2, 0.25) is 0 Å². The Balaban J connectivity index is 1.80. The number of hydrogen-bond acceptors (Lipinski definition) is 4. The number of allylic oxidation sites excluding steroid dienone is 1. The van der Waals surface area contributed by atoms with E-state index in [1.807, 2.05) is 13.0 Å². The Kier molecular flexibility index (Phi) is 4.89. The molecule has 0 aromatic rings. The van der Waals surface area contributed by atoms with Gasteiger partial charge in [-0.3, -0.25) is 0 Å². The zero-order valence-corrected chi connectivity index (χ0v) is 14.8. The molecule has 0 radical (unpaired) electrons. The molecule has 3 rings (SSSR count).